The van der Waals surface area contributed by atoms with E-state index in [-0.39, 0.29) is 29.3 Å². The fourth-order valence-corrected chi connectivity index (χ4v) is 4.68. The fraction of sp³-hybridized carbons (Fsp3) is 0.259. The second kappa shape index (κ2) is 11.1. The number of aromatic nitrogens is 4. The van der Waals surface area contributed by atoms with Crippen molar-refractivity contribution in [2.75, 3.05) is 49.6 Å². The molecule has 0 radical (unpaired) electrons. The molecular formula is C27H27F4N9O. The van der Waals surface area contributed by atoms with Crippen LogP contribution in [0.1, 0.15) is 11.1 Å². The maximum atomic E-state index is 15.0. The summed E-state index contributed by atoms with van der Waals surface area (Å²) < 4.78 is 58.0. The van der Waals surface area contributed by atoms with Crippen molar-refractivity contribution in [2.45, 2.75) is 12.7 Å². The summed E-state index contributed by atoms with van der Waals surface area (Å²) in [4.78, 5) is 24.8. The Balaban J connectivity index is 1.32. The second-order valence-electron chi connectivity index (χ2n) is 9.66. The number of nitrogens with one attached hydrogen (secondary N) is 2. The van der Waals surface area contributed by atoms with Crippen molar-refractivity contribution in [2.24, 2.45) is 0 Å². The van der Waals surface area contributed by atoms with Crippen molar-refractivity contribution in [1.82, 2.24) is 29.5 Å². The van der Waals surface area contributed by atoms with E-state index in [2.05, 4.69) is 37.2 Å². The number of hydrogen-bond donors (Lipinski definition) is 3. The third kappa shape index (κ3) is 5.98. The fourth-order valence-electron chi connectivity index (χ4n) is 4.68. The molecule has 0 spiro atoms. The lowest BCUT2D eigenvalue weighted by Gasteiger charge is -2.33. The number of piperazine rings is 1. The Labute approximate surface area is 232 Å². The summed E-state index contributed by atoms with van der Waals surface area (Å²) in [6.45, 7) is 6.69. The van der Waals surface area contributed by atoms with Gasteiger partial charge in [-0.25, -0.2) is 23.8 Å². The zero-order chi connectivity index (χ0) is 29.3. The third-order valence-corrected chi connectivity index (χ3v) is 6.84. The van der Waals surface area contributed by atoms with Crippen LogP contribution in [0.2, 0.25) is 0 Å². The van der Waals surface area contributed by atoms with Gasteiger partial charge >= 0.3 is 12.2 Å². The van der Waals surface area contributed by atoms with E-state index in [1.54, 1.807) is 0 Å². The number of nitrogens with zero attached hydrogens (tertiary/aromatic N) is 6. The molecule has 214 valence electrons. The molecule has 0 atom stereocenters. The summed E-state index contributed by atoms with van der Waals surface area (Å²) in [6.07, 6.45) is -1.93. The molecule has 0 saturated carbocycles. The minimum Gasteiger partial charge on any atom is -0.383 e. The summed E-state index contributed by atoms with van der Waals surface area (Å²) in [5.41, 5.74) is 6.05. The van der Waals surface area contributed by atoms with E-state index in [9.17, 15) is 18.0 Å². The molecule has 2 aromatic carbocycles. The molecule has 10 nitrogen and oxygen atoms in total. The van der Waals surface area contributed by atoms with Crippen molar-refractivity contribution in [1.29, 1.82) is 0 Å². The SMILES string of the molecule is C=Cn1nc(-c2ccc(NC(=O)Nc3ccc(CN4CCN(C)CC4)c(C(F)(F)F)c3)c(F)c2)c2c(N)ncnc21. The molecule has 1 aliphatic heterocycles. The molecule has 14 heteroatoms. The van der Waals surface area contributed by atoms with Gasteiger partial charge in [0.2, 0.25) is 0 Å². The Bertz CT molecular complexity index is 1610. The highest BCUT2D eigenvalue weighted by Gasteiger charge is 2.34. The molecule has 0 bridgehead atoms. The minimum absolute atomic E-state index is 0.0779. The number of fused-ring (bicyclic) bond motifs is 1. The van der Waals surface area contributed by atoms with Crippen LogP contribution in [0.3, 0.4) is 0 Å². The van der Waals surface area contributed by atoms with Gasteiger partial charge in [-0.3, -0.25) is 4.90 Å². The highest BCUT2D eigenvalue weighted by Crippen LogP contribution is 2.35. The lowest BCUT2D eigenvalue weighted by Crippen LogP contribution is -2.44. The average Bonchev–Trinajstić information content (AvgIpc) is 3.31. The summed E-state index contributed by atoms with van der Waals surface area (Å²) in [6, 6.07) is 6.69. The number of halogens is 4. The lowest BCUT2D eigenvalue weighted by atomic mass is 10.0. The van der Waals surface area contributed by atoms with Gasteiger partial charge in [0.05, 0.1) is 16.6 Å². The van der Waals surface area contributed by atoms with E-state index >= 15 is 4.39 Å². The normalized spacial score (nSPS) is 14.8. The highest BCUT2D eigenvalue weighted by atomic mass is 19.4. The average molecular weight is 570 g/mol. The van der Waals surface area contributed by atoms with Gasteiger partial charge in [-0.2, -0.15) is 18.3 Å². The summed E-state index contributed by atoms with van der Waals surface area (Å²) in [7, 11) is 1.97. The molecule has 41 heavy (non-hydrogen) atoms. The Morgan fingerprint density at radius 2 is 1.85 bits per heavy atom. The van der Waals surface area contributed by atoms with Crippen molar-refractivity contribution >= 4 is 40.5 Å². The molecule has 2 amide bonds. The zero-order valence-electron chi connectivity index (χ0n) is 22.0. The Morgan fingerprint density at radius 1 is 1.10 bits per heavy atom. The number of rotatable bonds is 6. The van der Waals surface area contributed by atoms with Gasteiger partial charge in [0, 0.05) is 50.2 Å². The van der Waals surface area contributed by atoms with Crippen LogP contribution in [-0.2, 0) is 12.7 Å². The van der Waals surface area contributed by atoms with Crippen molar-refractivity contribution < 1.29 is 22.4 Å². The van der Waals surface area contributed by atoms with E-state index in [0.717, 1.165) is 25.2 Å². The molecule has 4 aromatic rings. The van der Waals surface area contributed by atoms with Gasteiger partial charge in [0.25, 0.3) is 0 Å². The predicted octanol–water partition coefficient (Wildman–Crippen LogP) is 4.73. The third-order valence-electron chi connectivity index (χ3n) is 6.84. The highest BCUT2D eigenvalue weighted by molar-refractivity contribution is 6.01. The number of benzene rings is 2. The van der Waals surface area contributed by atoms with Crippen molar-refractivity contribution in [3.63, 3.8) is 0 Å². The Morgan fingerprint density at radius 3 is 2.54 bits per heavy atom. The molecule has 1 fully saturated rings. The monoisotopic (exact) mass is 569 g/mol. The smallest absolute Gasteiger partial charge is 0.383 e. The number of carbonyl (C=O) groups excluding carboxylic acids is 1. The number of hydrogen-bond acceptors (Lipinski definition) is 7. The standard InChI is InChI=1S/C27H27F4N9O/c1-3-40-25-22(24(32)33-15-34-25)23(37-40)16-5-7-21(20(28)12-16)36-26(41)35-18-6-4-17(19(13-18)27(29,30)31)14-39-10-8-38(2)9-11-39/h3-7,12-13,15H,1,8-11,14H2,2H3,(H2,32,33,34)(H2,35,36,41). The topological polar surface area (TPSA) is 117 Å². The second-order valence-corrected chi connectivity index (χ2v) is 9.66. The van der Waals surface area contributed by atoms with E-state index in [1.807, 2.05) is 11.9 Å². The van der Waals surface area contributed by atoms with Gasteiger partial charge in [-0.15, -0.1) is 0 Å². The van der Waals surface area contributed by atoms with Crippen molar-refractivity contribution in [3.8, 4) is 11.3 Å². The number of likely N-dealkylation sites (N-methyl/N-ethyl adjacent to an activating group) is 1. The molecule has 4 N–H and O–H groups in total. The van der Waals surface area contributed by atoms with Crippen LogP contribution >= 0.6 is 0 Å². The van der Waals surface area contributed by atoms with Crippen LogP contribution in [0.4, 0.5) is 39.5 Å². The van der Waals surface area contributed by atoms with Crippen LogP contribution in [0.25, 0.3) is 28.5 Å². The van der Waals surface area contributed by atoms with Crippen LogP contribution < -0.4 is 16.4 Å². The summed E-state index contributed by atoms with van der Waals surface area (Å²) >= 11 is 0. The predicted molar refractivity (Wildman–Crippen MR) is 148 cm³/mol. The van der Waals surface area contributed by atoms with Crippen LogP contribution in [0, 0.1) is 5.82 Å². The molecule has 2 aromatic heterocycles. The van der Waals surface area contributed by atoms with Gasteiger partial charge in [-0.05, 0) is 36.9 Å². The van der Waals surface area contributed by atoms with Crippen LogP contribution in [0.5, 0.6) is 0 Å². The number of amides is 2. The number of urea groups is 1. The van der Waals surface area contributed by atoms with E-state index in [1.165, 1.54) is 41.5 Å². The van der Waals surface area contributed by atoms with E-state index < -0.39 is 23.6 Å². The van der Waals surface area contributed by atoms with Gasteiger partial charge in [0.15, 0.2) is 5.65 Å². The first kappa shape index (κ1) is 28.0. The Kier molecular flexibility index (Phi) is 7.60. The molecule has 1 aliphatic rings. The first-order chi connectivity index (χ1) is 19.5. The summed E-state index contributed by atoms with van der Waals surface area (Å²) in [5, 5.41) is 9.45. The summed E-state index contributed by atoms with van der Waals surface area (Å²) in [5.74, 6) is -0.652. The van der Waals surface area contributed by atoms with E-state index in [0.29, 0.717) is 35.4 Å². The number of alkyl halides is 3. The first-order valence-corrected chi connectivity index (χ1v) is 12.6. The number of carbonyl (C=O) groups is 1. The van der Waals surface area contributed by atoms with Gasteiger partial charge in [0.1, 0.15) is 23.7 Å². The first-order valence-electron chi connectivity index (χ1n) is 12.6. The molecule has 5 rings (SSSR count). The molecular weight excluding hydrogens is 542 g/mol. The zero-order valence-corrected chi connectivity index (χ0v) is 22.0. The lowest BCUT2D eigenvalue weighted by molar-refractivity contribution is -0.138. The van der Waals surface area contributed by atoms with Gasteiger partial charge in [-0.1, -0.05) is 18.7 Å². The number of anilines is 3. The van der Waals surface area contributed by atoms with E-state index in [4.69, 9.17) is 5.73 Å². The maximum absolute atomic E-state index is 15.0. The van der Waals surface area contributed by atoms with Crippen LogP contribution in [-0.4, -0.2) is 68.8 Å². The minimum atomic E-state index is -4.62. The van der Waals surface area contributed by atoms with Gasteiger partial charge < -0.3 is 21.3 Å². The number of nitrogen functional groups attached to an aromatic ring is 1. The van der Waals surface area contributed by atoms with Crippen molar-refractivity contribution in [3.05, 3.63) is 66.2 Å². The van der Waals surface area contributed by atoms with Crippen LogP contribution in [0.15, 0.2) is 49.3 Å². The number of nitrogens with two attached hydrogens (primary N) is 1. The largest absolute Gasteiger partial charge is 0.416 e. The maximum Gasteiger partial charge on any atom is 0.416 e. The molecule has 1 saturated heterocycles. The quantitative estimate of drug-likeness (QED) is 0.288. The molecule has 0 unspecified atom stereocenters. The molecule has 3 heterocycles. The Hall–Kier alpha value is -4.56. The molecule has 0 aliphatic carbocycles.